The largest absolute Gasteiger partial charge is 0.507 e. The molecule has 22 heavy (non-hydrogen) atoms. The van der Waals surface area contributed by atoms with Crippen LogP contribution in [-0.2, 0) is 0 Å². The van der Waals surface area contributed by atoms with E-state index in [9.17, 15) is 5.11 Å². The minimum Gasteiger partial charge on any atom is -0.507 e. The SMILES string of the molecule is Oc1ccc(-c2nc3ccccc3o2)cc1-c1ccccc1. The maximum atomic E-state index is 10.1. The van der Waals surface area contributed by atoms with E-state index in [2.05, 4.69) is 4.98 Å². The monoisotopic (exact) mass is 287 g/mol. The van der Waals surface area contributed by atoms with E-state index in [1.807, 2.05) is 66.7 Å². The van der Waals surface area contributed by atoms with E-state index in [0.717, 1.165) is 27.8 Å². The molecular weight excluding hydrogens is 274 g/mol. The Morgan fingerprint density at radius 3 is 2.36 bits per heavy atom. The fraction of sp³-hybridized carbons (Fsp3) is 0. The van der Waals surface area contributed by atoms with Crippen LogP contribution in [0.5, 0.6) is 5.75 Å². The van der Waals surface area contributed by atoms with Crippen molar-refractivity contribution in [3.63, 3.8) is 0 Å². The lowest BCUT2D eigenvalue weighted by molar-refractivity contribution is 0.477. The Hall–Kier alpha value is -3.07. The van der Waals surface area contributed by atoms with E-state index >= 15 is 0 Å². The second-order valence-electron chi connectivity index (χ2n) is 5.08. The minimum atomic E-state index is 0.242. The van der Waals surface area contributed by atoms with Crippen molar-refractivity contribution in [1.29, 1.82) is 0 Å². The number of phenols is 1. The van der Waals surface area contributed by atoms with Gasteiger partial charge in [-0.3, -0.25) is 0 Å². The number of aromatic nitrogens is 1. The lowest BCUT2D eigenvalue weighted by atomic mass is 10.0. The van der Waals surface area contributed by atoms with Gasteiger partial charge in [0.2, 0.25) is 5.89 Å². The molecule has 0 radical (unpaired) electrons. The average Bonchev–Trinajstić information content (AvgIpc) is 3.00. The Balaban J connectivity index is 1.86. The van der Waals surface area contributed by atoms with Crippen LogP contribution in [0.2, 0.25) is 0 Å². The van der Waals surface area contributed by atoms with E-state index in [4.69, 9.17) is 4.42 Å². The zero-order valence-electron chi connectivity index (χ0n) is 11.7. The van der Waals surface area contributed by atoms with E-state index in [-0.39, 0.29) is 5.75 Å². The summed E-state index contributed by atoms with van der Waals surface area (Å²) in [5, 5.41) is 10.1. The molecule has 0 aliphatic carbocycles. The van der Waals surface area contributed by atoms with Crippen LogP contribution in [0.3, 0.4) is 0 Å². The van der Waals surface area contributed by atoms with Gasteiger partial charge in [-0.25, -0.2) is 4.98 Å². The molecule has 0 saturated heterocycles. The van der Waals surface area contributed by atoms with Crippen molar-refractivity contribution in [2.75, 3.05) is 0 Å². The second kappa shape index (κ2) is 5.04. The molecule has 0 saturated carbocycles. The molecule has 1 N–H and O–H groups in total. The Morgan fingerprint density at radius 2 is 1.55 bits per heavy atom. The third-order valence-corrected chi connectivity index (χ3v) is 3.62. The maximum absolute atomic E-state index is 10.1. The molecule has 4 rings (SSSR count). The van der Waals surface area contributed by atoms with Gasteiger partial charge in [0.05, 0.1) is 0 Å². The molecule has 3 nitrogen and oxygen atoms in total. The highest BCUT2D eigenvalue weighted by Crippen LogP contribution is 2.34. The number of hydrogen-bond donors (Lipinski definition) is 1. The number of phenolic OH excluding ortho intramolecular Hbond substituents is 1. The molecule has 0 fully saturated rings. The molecule has 4 aromatic rings. The summed E-state index contributed by atoms with van der Waals surface area (Å²) >= 11 is 0. The highest BCUT2D eigenvalue weighted by molar-refractivity contribution is 5.79. The van der Waals surface area contributed by atoms with Crippen molar-refractivity contribution < 1.29 is 9.52 Å². The van der Waals surface area contributed by atoms with Crippen molar-refractivity contribution in [3.05, 3.63) is 72.8 Å². The van der Waals surface area contributed by atoms with Crippen molar-refractivity contribution in [2.45, 2.75) is 0 Å². The second-order valence-corrected chi connectivity index (χ2v) is 5.08. The van der Waals surface area contributed by atoms with Crippen LogP contribution in [0.25, 0.3) is 33.7 Å². The van der Waals surface area contributed by atoms with Gasteiger partial charge in [-0.2, -0.15) is 0 Å². The van der Waals surface area contributed by atoms with Gasteiger partial charge in [0.25, 0.3) is 0 Å². The molecule has 0 aliphatic rings. The molecule has 0 unspecified atom stereocenters. The van der Waals surface area contributed by atoms with Crippen LogP contribution in [0.15, 0.2) is 77.2 Å². The Bertz CT molecular complexity index is 909. The molecule has 0 amide bonds. The average molecular weight is 287 g/mol. The van der Waals surface area contributed by atoms with Gasteiger partial charge in [-0.15, -0.1) is 0 Å². The first kappa shape index (κ1) is 12.7. The molecule has 106 valence electrons. The number of nitrogens with zero attached hydrogens (tertiary/aromatic N) is 1. The predicted octanol–water partition coefficient (Wildman–Crippen LogP) is 4.87. The smallest absolute Gasteiger partial charge is 0.227 e. The zero-order chi connectivity index (χ0) is 14.9. The standard InChI is InChI=1S/C19H13NO2/c21-17-11-10-14(12-15(17)13-6-2-1-3-7-13)19-20-16-8-4-5-9-18(16)22-19/h1-12,21H. The Kier molecular flexibility index (Phi) is 2.90. The summed E-state index contributed by atoms with van der Waals surface area (Å²) in [4.78, 5) is 4.50. The zero-order valence-corrected chi connectivity index (χ0v) is 11.7. The van der Waals surface area contributed by atoms with E-state index < -0.39 is 0 Å². The number of hydrogen-bond acceptors (Lipinski definition) is 3. The van der Waals surface area contributed by atoms with E-state index in [0.29, 0.717) is 5.89 Å². The van der Waals surface area contributed by atoms with Crippen LogP contribution in [0.4, 0.5) is 0 Å². The molecular formula is C19H13NO2. The van der Waals surface area contributed by atoms with Gasteiger partial charge < -0.3 is 9.52 Å². The minimum absolute atomic E-state index is 0.242. The molecule has 1 heterocycles. The molecule has 0 spiro atoms. The van der Waals surface area contributed by atoms with Crippen LogP contribution in [-0.4, -0.2) is 10.1 Å². The summed E-state index contributed by atoms with van der Waals surface area (Å²) in [6.07, 6.45) is 0. The van der Waals surface area contributed by atoms with Crippen molar-refractivity contribution >= 4 is 11.1 Å². The number of aromatic hydroxyl groups is 1. The number of rotatable bonds is 2. The van der Waals surface area contributed by atoms with Crippen LogP contribution >= 0.6 is 0 Å². The topological polar surface area (TPSA) is 46.3 Å². The maximum Gasteiger partial charge on any atom is 0.227 e. The summed E-state index contributed by atoms with van der Waals surface area (Å²) in [5.74, 6) is 0.796. The summed E-state index contributed by atoms with van der Waals surface area (Å²) < 4.78 is 5.79. The van der Waals surface area contributed by atoms with Crippen LogP contribution in [0.1, 0.15) is 0 Å². The number of oxazole rings is 1. The Labute approximate surface area is 127 Å². The molecule has 3 heteroatoms. The summed E-state index contributed by atoms with van der Waals surface area (Å²) in [6, 6.07) is 22.8. The normalized spacial score (nSPS) is 10.9. The van der Waals surface area contributed by atoms with Gasteiger partial charge in [0, 0.05) is 11.1 Å². The van der Waals surface area contributed by atoms with Crippen molar-refractivity contribution in [1.82, 2.24) is 4.98 Å². The fourth-order valence-electron chi connectivity index (χ4n) is 2.51. The Morgan fingerprint density at radius 1 is 0.773 bits per heavy atom. The van der Waals surface area contributed by atoms with Crippen molar-refractivity contribution in [3.8, 4) is 28.3 Å². The van der Waals surface area contributed by atoms with Gasteiger partial charge in [0.15, 0.2) is 5.58 Å². The molecule has 0 atom stereocenters. The third kappa shape index (κ3) is 2.13. The van der Waals surface area contributed by atoms with Gasteiger partial charge in [-0.05, 0) is 35.9 Å². The lowest BCUT2D eigenvalue weighted by Gasteiger charge is -2.06. The van der Waals surface area contributed by atoms with Gasteiger partial charge >= 0.3 is 0 Å². The fourth-order valence-corrected chi connectivity index (χ4v) is 2.51. The van der Waals surface area contributed by atoms with Crippen LogP contribution in [0, 0.1) is 0 Å². The lowest BCUT2D eigenvalue weighted by Crippen LogP contribution is -1.82. The van der Waals surface area contributed by atoms with E-state index in [1.54, 1.807) is 6.07 Å². The summed E-state index contributed by atoms with van der Waals surface area (Å²) in [6.45, 7) is 0. The number of fused-ring (bicyclic) bond motifs is 1. The number of para-hydroxylation sites is 2. The van der Waals surface area contributed by atoms with Crippen molar-refractivity contribution in [2.24, 2.45) is 0 Å². The first-order chi connectivity index (χ1) is 10.8. The van der Waals surface area contributed by atoms with E-state index in [1.165, 1.54) is 0 Å². The quantitative estimate of drug-likeness (QED) is 0.572. The van der Waals surface area contributed by atoms with Crippen LogP contribution < -0.4 is 0 Å². The molecule has 3 aromatic carbocycles. The highest BCUT2D eigenvalue weighted by Gasteiger charge is 2.11. The summed E-state index contributed by atoms with van der Waals surface area (Å²) in [7, 11) is 0. The predicted molar refractivity (Wildman–Crippen MR) is 86.5 cm³/mol. The third-order valence-electron chi connectivity index (χ3n) is 3.62. The van der Waals surface area contributed by atoms with Gasteiger partial charge in [0.1, 0.15) is 11.3 Å². The first-order valence-electron chi connectivity index (χ1n) is 7.06. The van der Waals surface area contributed by atoms with Gasteiger partial charge in [-0.1, -0.05) is 42.5 Å². The highest BCUT2D eigenvalue weighted by atomic mass is 16.3. The summed E-state index contributed by atoms with van der Waals surface area (Å²) in [5.41, 5.74) is 4.14. The first-order valence-corrected chi connectivity index (χ1v) is 7.06. The number of benzene rings is 3. The molecule has 1 aromatic heterocycles. The molecule has 0 aliphatic heterocycles. The molecule has 0 bridgehead atoms.